The van der Waals surface area contributed by atoms with Gasteiger partial charge in [-0.2, -0.15) is 0 Å². The molecular weight excluding hydrogens is 440 g/mol. The van der Waals surface area contributed by atoms with Gasteiger partial charge < -0.3 is 10.1 Å². The second-order valence-corrected chi connectivity index (χ2v) is 11.1. The van der Waals surface area contributed by atoms with Crippen LogP contribution in [-0.2, 0) is 24.6 Å². The van der Waals surface area contributed by atoms with Crippen molar-refractivity contribution in [1.29, 1.82) is 0 Å². The summed E-state index contributed by atoms with van der Waals surface area (Å²) >= 11 is 0. The van der Waals surface area contributed by atoms with Crippen molar-refractivity contribution in [2.24, 2.45) is 0 Å². The summed E-state index contributed by atoms with van der Waals surface area (Å²) in [6.07, 6.45) is 1.91. The summed E-state index contributed by atoms with van der Waals surface area (Å²) in [5, 5.41) is 2.66. The van der Waals surface area contributed by atoms with Crippen LogP contribution in [0.4, 0.5) is 0 Å². The molecule has 0 aliphatic carbocycles. The Hall–Kier alpha value is -2.27. The van der Waals surface area contributed by atoms with Gasteiger partial charge in [0.25, 0.3) is 5.91 Å². The molecule has 168 valence electrons. The van der Waals surface area contributed by atoms with Crippen LogP contribution in [0.5, 0.6) is 0 Å². The molecule has 8 nitrogen and oxygen atoms in total. The Kier molecular flexibility index (Phi) is 7.82. The highest BCUT2D eigenvalue weighted by Gasteiger charge is 2.20. The third-order valence-corrected chi connectivity index (χ3v) is 8.19. The SMILES string of the molecule is O=C(NCCCS(=O)(=O)c1ccccc1)c1ccc(S(=O)(=O)NCC2CCCO2)cc1. The first-order valence-electron chi connectivity index (χ1n) is 10.1. The van der Waals surface area contributed by atoms with Crippen LogP contribution >= 0.6 is 0 Å². The highest BCUT2D eigenvalue weighted by atomic mass is 32.2. The van der Waals surface area contributed by atoms with E-state index in [1.165, 1.54) is 24.3 Å². The van der Waals surface area contributed by atoms with Crippen LogP contribution in [0.2, 0.25) is 0 Å². The van der Waals surface area contributed by atoms with Crippen LogP contribution in [0.25, 0.3) is 0 Å². The van der Waals surface area contributed by atoms with E-state index in [1.54, 1.807) is 30.3 Å². The molecule has 1 fully saturated rings. The Morgan fingerprint density at radius 2 is 1.68 bits per heavy atom. The van der Waals surface area contributed by atoms with Crippen molar-refractivity contribution in [3.8, 4) is 0 Å². The predicted molar refractivity (Wildman–Crippen MR) is 116 cm³/mol. The fraction of sp³-hybridized carbons (Fsp3) is 0.381. The standard InChI is InChI=1S/C21H26N2O6S2/c24-21(22-13-5-15-30(25,26)19-7-2-1-3-8-19)17-9-11-20(12-10-17)31(27,28)23-16-18-6-4-14-29-18/h1-3,7-12,18,23H,4-6,13-16H2,(H,22,24). The van der Waals surface area contributed by atoms with E-state index in [1.807, 2.05) is 0 Å². The molecule has 2 aromatic rings. The van der Waals surface area contributed by atoms with E-state index in [-0.39, 0.29) is 41.2 Å². The van der Waals surface area contributed by atoms with Crippen molar-refractivity contribution in [3.63, 3.8) is 0 Å². The van der Waals surface area contributed by atoms with E-state index in [0.29, 0.717) is 12.2 Å². The maximum atomic E-state index is 12.4. The Labute approximate surface area is 183 Å². The topological polar surface area (TPSA) is 119 Å². The van der Waals surface area contributed by atoms with Crippen molar-refractivity contribution < 1.29 is 26.4 Å². The molecule has 10 heteroatoms. The van der Waals surface area contributed by atoms with Gasteiger partial charge in [-0.25, -0.2) is 21.6 Å². The monoisotopic (exact) mass is 466 g/mol. The van der Waals surface area contributed by atoms with Crippen molar-refractivity contribution in [2.75, 3.05) is 25.4 Å². The number of nitrogens with one attached hydrogen (secondary N) is 2. The average Bonchev–Trinajstić information content (AvgIpc) is 3.30. The molecule has 3 rings (SSSR count). The number of sulfone groups is 1. The van der Waals surface area contributed by atoms with Gasteiger partial charge in [0.1, 0.15) is 0 Å². The number of hydrogen-bond acceptors (Lipinski definition) is 6. The molecule has 0 aromatic heterocycles. The molecule has 0 saturated carbocycles. The third kappa shape index (κ3) is 6.60. The fourth-order valence-electron chi connectivity index (χ4n) is 3.19. The molecule has 2 N–H and O–H groups in total. The lowest BCUT2D eigenvalue weighted by Gasteiger charge is -2.12. The van der Waals surface area contributed by atoms with E-state index < -0.39 is 25.8 Å². The summed E-state index contributed by atoms with van der Waals surface area (Å²) in [5.41, 5.74) is 0.295. The fourth-order valence-corrected chi connectivity index (χ4v) is 5.59. The normalized spacial score (nSPS) is 16.8. The maximum Gasteiger partial charge on any atom is 0.251 e. The summed E-state index contributed by atoms with van der Waals surface area (Å²) in [7, 11) is -7.07. The van der Waals surface area contributed by atoms with Crippen molar-refractivity contribution in [3.05, 3.63) is 60.2 Å². The zero-order valence-corrected chi connectivity index (χ0v) is 18.6. The second-order valence-electron chi connectivity index (χ2n) is 7.25. The Bertz CT molecular complexity index is 1080. The predicted octanol–water partition coefficient (Wildman–Crippen LogP) is 1.74. The summed E-state index contributed by atoms with van der Waals surface area (Å²) < 4.78 is 57.1. The summed E-state index contributed by atoms with van der Waals surface area (Å²) in [5.74, 6) is -0.474. The summed E-state index contributed by atoms with van der Waals surface area (Å²) in [6.45, 7) is 1.05. The highest BCUT2D eigenvalue weighted by Crippen LogP contribution is 2.14. The van der Waals surface area contributed by atoms with E-state index >= 15 is 0 Å². The van der Waals surface area contributed by atoms with E-state index in [2.05, 4.69) is 10.0 Å². The van der Waals surface area contributed by atoms with E-state index in [0.717, 1.165) is 12.8 Å². The Morgan fingerprint density at radius 3 is 2.32 bits per heavy atom. The quantitative estimate of drug-likeness (QED) is 0.515. The number of ether oxygens (including phenoxy) is 1. The molecular formula is C21H26N2O6S2. The number of rotatable bonds is 10. The lowest BCUT2D eigenvalue weighted by molar-refractivity contribution is 0.0953. The molecule has 1 unspecified atom stereocenters. The van der Waals surface area contributed by atoms with E-state index in [4.69, 9.17) is 4.74 Å². The van der Waals surface area contributed by atoms with Crippen LogP contribution in [0.15, 0.2) is 64.4 Å². The third-order valence-electron chi connectivity index (χ3n) is 4.93. The van der Waals surface area contributed by atoms with Crippen LogP contribution in [0.3, 0.4) is 0 Å². The van der Waals surface area contributed by atoms with Gasteiger partial charge >= 0.3 is 0 Å². The minimum atomic E-state index is -3.68. The zero-order chi connectivity index (χ0) is 22.3. The van der Waals surface area contributed by atoms with Crippen molar-refractivity contribution in [2.45, 2.75) is 35.2 Å². The first kappa shape index (κ1) is 23.4. The Morgan fingerprint density at radius 1 is 0.968 bits per heavy atom. The number of amides is 1. The minimum Gasteiger partial charge on any atom is -0.377 e. The lowest BCUT2D eigenvalue weighted by Crippen LogP contribution is -2.32. The van der Waals surface area contributed by atoms with Gasteiger partial charge in [-0.05, 0) is 55.7 Å². The molecule has 0 bridgehead atoms. The molecule has 2 aromatic carbocycles. The van der Waals surface area contributed by atoms with E-state index in [9.17, 15) is 21.6 Å². The highest BCUT2D eigenvalue weighted by molar-refractivity contribution is 7.91. The smallest absolute Gasteiger partial charge is 0.251 e. The molecule has 0 radical (unpaired) electrons. The van der Waals surface area contributed by atoms with Crippen LogP contribution in [0, 0.1) is 0 Å². The first-order chi connectivity index (χ1) is 14.8. The van der Waals surface area contributed by atoms with Gasteiger partial charge in [-0.1, -0.05) is 18.2 Å². The molecule has 1 aliphatic heterocycles. The number of carbonyl (C=O) groups is 1. The van der Waals surface area contributed by atoms with Gasteiger partial charge in [0.2, 0.25) is 10.0 Å². The molecule has 1 aliphatic rings. The molecule has 1 atom stereocenters. The number of hydrogen-bond donors (Lipinski definition) is 2. The zero-order valence-electron chi connectivity index (χ0n) is 17.0. The van der Waals surface area contributed by atoms with Gasteiger partial charge in [0, 0.05) is 25.3 Å². The number of carbonyl (C=O) groups excluding carboxylic acids is 1. The average molecular weight is 467 g/mol. The van der Waals surface area contributed by atoms with Crippen LogP contribution < -0.4 is 10.0 Å². The van der Waals surface area contributed by atoms with Crippen LogP contribution in [-0.4, -0.2) is 54.3 Å². The minimum absolute atomic E-state index is 0.0657. The van der Waals surface area contributed by atoms with Gasteiger partial charge in [0.15, 0.2) is 9.84 Å². The lowest BCUT2D eigenvalue weighted by atomic mass is 10.2. The summed E-state index contributed by atoms with van der Waals surface area (Å²) in [6, 6.07) is 13.7. The maximum absolute atomic E-state index is 12.4. The van der Waals surface area contributed by atoms with Crippen LogP contribution in [0.1, 0.15) is 29.6 Å². The van der Waals surface area contributed by atoms with Crippen molar-refractivity contribution >= 4 is 25.8 Å². The van der Waals surface area contributed by atoms with Gasteiger partial charge in [-0.15, -0.1) is 0 Å². The number of benzene rings is 2. The molecule has 1 amide bonds. The largest absolute Gasteiger partial charge is 0.377 e. The molecule has 0 spiro atoms. The van der Waals surface area contributed by atoms with Gasteiger partial charge in [-0.3, -0.25) is 4.79 Å². The van der Waals surface area contributed by atoms with Crippen molar-refractivity contribution in [1.82, 2.24) is 10.0 Å². The summed E-state index contributed by atoms with van der Waals surface area (Å²) in [4.78, 5) is 12.6. The number of sulfonamides is 1. The second kappa shape index (κ2) is 10.4. The molecule has 31 heavy (non-hydrogen) atoms. The molecule has 1 heterocycles. The Balaban J connectivity index is 1.47. The molecule has 1 saturated heterocycles. The van der Waals surface area contributed by atoms with Gasteiger partial charge in [0.05, 0.1) is 21.6 Å². The first-order valence-corrected chi connectivity index (χ1v) is 13.2.